The number of likely N-dealkylation sites (N-methyl/N-ethyl adjacent to an activating group) is 1. The molecule has 0 saturated carbocycles. The number of rotatable bonds is 2. The minimum Gasteiger partial charge on any atom is -0.358 e. The van der Waals surface area contributed by atoms with Crippen molar-refractivity contribution in [3.05, 3.63) is 34.6 Å². The Morgan fingerprint density at radius 1 is 1.57 bits per heavy atom. The molecule has 1 atom stereocenters. The summed E-state index contributed by atoms with van der Waals surface area (Å²) in [7, 11) is 1.48. The molecule has 14 heavy (non-hydrogen) atoms. The molecule has 1 amide bonds. The Morgan fingerprint density at radius 3 is 2.71 bits per heavy atom. The van der Waals surface area contributed by atoms with Crippen molar-refractivity contribution in [2.75, 3.05) is 7.05 Å². The Bertz CT molecular complexity index is 357. The number of hydrogen-bond donors (Lipinski definition) is 1. The molecule has 0 saturated heterocycles. The van der Waals surface area contributed by atoms with E-state index in [1.54, 1.807) is 0 Å². The van der Waals surface area contributed by atoms with E-state index in [0.29, 0.717) is 5.56 Å². The average Bonchev–Trinajstić information content (AvgIpc) is 2.20. The van der Waals surface area contributed by atoms with Gasteiger partial charge in [-0.05, 0) is 17.7 Å². The van der Waals surface area contributed by atoms with E-state index in [4.69, 9.17) is 23.2 Å². The van der Waals surface area contributed by atoms with E-state index in [9.17, 15) is 9.18 Å². The lowest BCUT2D eigenvalue weighted by Crippen LogP contribution is -2.22. The van der Waals surface area contributed by atoms with Crippen LogP contribution >= 0.6 is 23.2 Å². The number of amides is 1. The van der Waals surface area contributed by atoms with E-state index in [0.717, 1.165) is 0 Å². The molecule has 0 aromatic heterocycles. The lowest BCUT2D eigenvalue weighted by molar-refractivity contribution is -0.120. The summed E-state index contributed by atoms with van der Waals surface area (Å²) in [4.78, 5) is 11.1. The lowest BCUT2D eigenvalue weighted by Gasteiger charge is -2.08. The quantitative estimate of drug-likeness (QED) is 0.785. The highest BCUT2D eigenvalue weighted by Gasteiger charge is 2.16. The normalized spacial score (nSPS) is 12.3. The number of carbonyl (C=O) groups excluding carboxylic acids is 1. The second-order valence-corrected chi connectivity index (χ2v) is 3.49. The summed E-state index contributed by atoms with van der Waals surface area (Å²) in [5.41, 5.74) is 0.470. The third-order valence-corrected chi connectivity index (χ3v) is 2.45. The molecule has 0 radical (unpaired) electrons. The molecule has 0 aliphatic heterocycles. The highest BCUT2D eigenvalue weighted by atomic mass is 35.5. The summed E-state index contributed by atoms with van der Waals surface area (Å²) in [6.07, 6.45) is 0. The van der Waals surface area contributed by atoms with Crippen LogP contribution in [0, 0.1) is 5.82 Å². The molecule has 2 nitrogen and oxygen atoms in total. The van der Waals surface area contributed by atoms with Crippen molar-refractivity contribution in [1.82, 2.24) is 5.32 Å². The molecule has 1 N–H and O–H groups in total. The zero-order valence-electron chi connectivity index (χ0n) is 7.35. The van der Waals surface area contributed by atoms with Gasteiger partial charge in [0.1, 0.15) is 11.2 Å². The smallest absolute Gasteiger partial charge is 0.242 e. The predicted molar refractivity (Wildman–Crippen MR) is 54.1 cm³/mol. The van der Waals surface area contributed by atoms with Crippen molar-refractivity contribution in [3.63, 3.8) is 0 Å². The third kappa shape index (κ3) is 2.36. The van der Waals surface area contributed by atoms with E-state index in [-0.39, 0.29) is 10.9 Å². The maximum Gasteiger partial charge on any atom is 0.242 e. The highest BCUT2D eigenvalue weighted by molar-refractivity contribution is 6.32. The van der Waals surface area contributed by atoms with Crippen LogP contribution in [0.15, 0.2) is 18.2 Å². The van der Waals surface area contributed by atoms with Crippen LogP contribution in [-0.2, 0) is 4.79 Å². The maximum absolute atomic E-state index is 12.8. The molecule has 0 fully saturated rings. The fraction of sp³-hybridized carbons (Fsp3) is 0.222. The number of benzene rings is 1. The molecular weight excluding hydrogens is 228 g/mol. The van der Waals surface area contributed by atoms with Crippen LogP contribution in [0.5, 0.6) is 0 Å². The van der Waals surface area contributed by atoms with Gasteiger partial charge in [-0.15, -0.1) is 11.6 Å². The number of nitrogens with one attached hydrogen (secondary N) is 1. The zero-order valence-corrected chi connectivity index (χ0v) is 8.86. The molecule has 1 aromatic rings. The van der Waals surface area contributed by atoms with Crippen molar-refractivity contribution in [2.45, 2.75) is 5.38 Å². The monoisotopic (exact) mass is 235 g/mol. The van der Waals surface area contributed by atoms with E-state index < -0.39 is 11.2 Å². The molecular formula is C9H8Cl2FNO. The zero-order chi connectivity index (χ0) is 10.7. The Morgan fingerprint density at radius 2 is 2.21 bits per heavy atom. The van der Waals surface area contributed by atoms with Gasteiger partial charge in [-0.1, -0.05) is 17.7 Å². The molecule has 0 spiro atoms. The summed E-state index contributed by atoms with van der Waals surface area (Å²) in [5.74, 6) is -0.884. The van der Waals surface area contributed by atoms with E-state index in [1.165, 1.54) is 25.2 Å². The summed E-state index contributed by atoms with van der Waals surface area (Å²) in [5, 5.41) is 1.50. The van der Waals surface area contributed by atoms with E-state index >= 15 is 0 Å². The first-order valence-electron chi connectivity index (χ1n) is 3.87. The van der Waals surface area contributed by atoms with Gasteiger partial charge in [-0.25, -0.2) is 4.39 Å². The molecule has 0 aliphatic rings. The largest absolute Gasteiger partial charge is 0.358 e. The van der Waals surface area contributed by atoms with Crippen LogP contribution in [0.3, 0.4) is 0 Å². The highest BCUT2D eigenvalue weighted by Crippen LogP contribution is 2.25. The molecule has 1 aromatic carbocycles. The Labute approximate surface area is 91.0 Å². The van der Waals surface area contributed by atoms with Crippen molar-refractivity contribution >= 4 is 29.1 Å². The van der Waals surface area contributed by atoms with Crippen LogP contribution < -0.4 is 5.32 Å². The minimum absolute atomic E-state index is 0.0444. The molecule has 1 rings (SSSR count). The van der Waals surface area contributed by atoms with Crippen molar-refractivity contribution in [1.29, 1.82) is 0 Å². The van der Waals surface area contributed by atoms with Crippen LogP contribution in [0.25, 0.3) is 0 Å². The SMILES string of the molecule is CNC(=O)C(Cl)c1ccc(F)c(Cl)c1. The van der Waals surface area contributed by atoms with Crippen molar-refractivity contribution < 1.29 is 9.18 Å². The van der Waals surface area contributed by atoms with Crippen LogP contribution in [0.4, 0.5) is 4.39 Å². The van der Waals surface area contributed by atoms with Gasteiger partial charge in [0.05, 0.1) is 5.02 Å². The van der Waals surface area contributed by atoms with Crippen LogP contribution in [-0.4, -0.2) is 13.0 Å². The molecule has 0 aliphatic carbocycles. The second kappa shape index (κ2) is 4.62. The van der Waals surface area contributed by atoms with Gasteiger partial charge in [0.15, 0.2) is 0 Å². The topological polar surface area (TPSA) is 29.1 Å². The summed E-state index contributed by atoms with van der Waals surface area (Å²) in [6, 6.07) is 3.94. The molecule has 5 heteroatoms. The van der Waals surface area contributed by atoms with Crippen molar-refractivity contribution in [3.8, 4) is 0 Å². The van der Waals surface area contributed by atoms with Gasteiger partial charge >= 0.3 is 0 Å². The van der Waals surface area contributed by atoms with Gasteiger partial charge in [0.2, 0.25) is 5.91 Å². The Kier molecular flexibility index (Phi) is 3.72. The third-order valence-electron chi connectivity index (χ3n) is 1.71. The lowest BCUT2D eigenvalue weighted by atomic mass is 10.1. The second-order valence-electron chi connectivity index (χ2n) is 2.65. The van der Waals surface area contributed by atoms with Crippen molar-refractivity contribution in [2.24, 2.45) is 0 Å². The average molecular weight is 236 g/mol. The maximum atomic E-state index is 12.8. The van der Waals surface area contributed by atoms with E-state index in [2.05, 4.69) is 5.32 Å². The summed E-state index contributed by atoms with van der Waals surface area (Å²) >= 11 is 11.3. The number of hydrogen-bond acceptors (Lipinski definition) is 1. The number of carbonyl (C=O) groups is 1. The number of alkyl halides is 1. The molecule has 1 unspecified atom stereocenters. The van der Waals surface area contributed by atoms with Gasteiger partial charge in [-0.3, -0.25) is 4.79 Å². The minimum atomic E-state index is -0.849. The fourth-order valence-electron chi connectivity index (χ4n) is 0.948. The Balaban J connectivity index is 2.96. The van der Waals surface area contributed by atoms with Gasteiger partial charge in [0.25, 0.3) is 0 Å². The number of halogens is 3. The first-order chi connectivity index (χ1) is 6.56. The Hall–Kier alpha value is -0.800. The van der Waals surface area contributed by atoms with Gasteiger partial charge < -0.3 is 5.32 Å². The first-order valence-corrected chi connectivity index (χ1v) is 4.68. The summed E-state index contributed by atoms with van der Waals surface area (Å²) < 4.78 is 12.8. The van der Waals surface area contributed by atoms with Crippen LogP contribution in [0.2, 0.25) is 5.02 Å². The standard InChI is InChI=1S/C9H8Cl2FNO/c1-13-9(14)8(11)5-2-3-7(12)6(10)4-5/h2-4,8H,1H3,(H,13,14). The molecule has 0 bridgehead atoms. The first kappa shape index (κ1) is 11.3. The van der Waals surface area contributed by atoms with Crippen LogP contribution in [0.1, 0.15) is 10.9 Å². The molecule has 76 valence electrons. The van der Waals surface area contributed by atoms with Gasteiger partial charge in [-0.2, -0.15) is 0 Å². The molecule has 0 heterocycles. The predicted octanol–water partition coefficient (Wildman–Crippen LogP) is 2.51. The van der Waals surface area contributed by atoms with E-state index in [1.807, 2.05) is 0 Å². The fourth-order valence-corrected chi connectivity index (χ4v) is 1.38. The van der Waals surface area contributed by atoms with Gasteiger partial charge in [0, 0.05) is 7.05 Å². The summed E-state index contributed by atoms with van der Waals surface area (Å²) in [6.45, 7) is 0.